The molecule has 0 aliphatic rings. The van der Waals surface area contributed by atoms with E-state index in [2.05, 4.69) is 9.82 Å². The summed E-state index contributed by atoms with van der Waals surface area (Å²) in [5, 5.41) is 13.1. The van der Waals surface area contributed by atoms with Gasteiger partial charge in [-0.2, -0.15) is 5.10 Å². The standard InChI is InChI=1S/C12H16N4O4S/c1-8-9(6-16(3)14-8)5-13-21(19,20)10-4-11(12(17)18)15(2)7-10/h4,6-7,13H,5H2,1-3H3,(H,17,18). The van der Waals surface area contributed by atoms with E-state index in [0.29, 0.717) is 0 Å². The maximum atomic E-state index is 12.2. The lowest BCUT2D eigenvalue weighted by Gasteiger charge is -2.03. The Morgan fingerprint density at radius 2 is 2.05 bits per heavy atom. The maximum Gasteiger partial charge on any atom is 0.352 e. The molecule has 0 fully saturated rings. The zero-order valence-corrected chi connectivity index (χ0v) is 12.7. The number of aryl methyl sites for hydroxylation is 3. The van der Waals surface area contributed by atoms with Gasteiger partial charge in [0.05, 0.1) is 5.69 Å². The molecule has 0 unspecified atom stereocenters. The Balaban J connectivity index is 2.21. The lowest BCUT2D eigenvalue weighted by atomic mass is 10.3. The number of hydrogen-bond acceptors (Lipinski definition) is 4. The van der Waals surface area contributed by atoms with Crippen LogP contribution in [0, 0.1) is 6.92 Å². The summed E-state index contributed by atoms with van der Waals surface area (Å²) in [7, 11) is -0.541. The first-order valence-corrected chi connectivity index (χ1v) is 7.57. The second-order valence-electron chi connectivity index (χ2n) is 4.72. The van der Waals surface area contributed by atoms with Crippen molar-refractivity contribution >= 4 is 16.0 Å². The van der Waals surface area contributed by atoms with Crippen LogP contribution in [0.3, 0.4) is 0 Å². The summed E-state index contributed by atoms with van der Waals surface area (Å²) in [6.45, 7) is 1.88. The van der Waals surface area contributed by atoms with Gasteiger partial charge in [-0.05, 0) is 13.0 Å². The van der Waals surface area contributed by atoms with E-state index in [1.54, 1.807) is 24.9 Å². The molecule has 0 aliphatic carbocycles. The minimum Gasteiger partial charge on any atom is -0.477 e. The number of hydrogen-bond donors (Lipinski definition) is 2. The van der Waals surface area contributed by atoms with Crippen molar-refractivity contribution in [2.45, 2.75) is 18.4 Å². The second kappa shape index (κ2) is 5.34. The second-order valence-corrected chi connectivity index (χ2v) is 6.48. The fraction of sp³-hybridized carbons (Fsp3) is 0.333. The highest BCUT2D eigenvalue weighted by atomic mass is 32.2. The van der Waals surface area contributed by atoms with Gasteiger partial charge in [-0.25, -0.2) is 17.9 Å². The van der Waals surface area contributed by atoms with Crippen LogP contribution in [0.4, 0.5) is 0 Å². The van der Waals surface area contributed by atoms with Crippen LogP contribution in [0.2, 0.25) is 0 Å². The molecule has 2 N–H and O–H groups in total. The normalized spacial score (nSPS) is 11.8. The van der Waals surface area contributed by atoms with Crippen molar-refractivity contribution in [2.75, 3.05) is 0 Å². The minimum absolute atomic E-state index is 0.0797. The van der Waals surface area contributed by atoms with Crippen LogP contribution in [0.5, 0.6) is 0 Å². The molecule has 2 heterocycles. The summed E-state index contributed by atoms with van der Waals surface area (Å²) >= 11 is 0. The molecule has 0 radical (unpaired) electrons. The minimum atomic E-state index is -3.77. The number of nitrogens with zero attached hydrogens (tertiary/aromatic N) is 3. The number of carboxylic acids is 1. The van der Waals surface area contributed by atoms with E-state index in [4.69, 9.17) is 5.11 Å². The molecule has 0 aromatic carbocycles. The average molecular weight is 312 g/mol. The summed E-state index contributed by atoms with van der Waals surface area (Å²) in [4.78, 5) is 10.9. The van der Waals surface area contributed by atoms with Crippen LogP contribution >= 0.6 is 0 Å². The van der Waals surface area contributed by atoms with Gasteiger partial charge < -0.3 is 9.67 Å². The van der Waals surface area contributed by atoms with Gasteiger partial charge in [0.2, 0.25) is 10.0 Å². The highest BCUT2D eigenvalue weighted by molar-refractivity contribution is 7.89. The molecule has 9 heteroatoms. The maximum absolute atomic E-state index is 12.2. The van der Waals surface area contributed by atoms with Crippen LogP contribution < -0.4 is 4.72 Å². The third kappa shape index (κ3) is 3.14. The van der Waals surface area contributed by atoms with Crippen molar-refractivity contribution in [3.8, 4) is 0 Å². The zero-order chi connectivity index (χ0) is 15.8. The van der Waals surface area contributed by atoms with E-state index in [1.807, 2.05) is 0 Å². The lowest BCUT2D eigenvalue weighted by molar-refractivity contribution is 0.0686. The van der Waals surface area contributed by atoms with Crippen molar-refractivity contribution in [1.82, 2.24) is 19.1 Å². The third-order valence-electron chi connectivity index (χ3n) is 3.08. The third-order valence-corrected chi connectivity index (χ3v) is 4.45. The number of rotatable bonds is 5. The first-order valence-electron chi connectivity index (χ1n) is 6.09. The van der Waals surface area contributed by atoms with E-state index < -0.39 is 16.0 Å². The Morgan fingerprint density at radius 1 is 1.38 bits per heavy atom. The Bertz CT molecular complexity index is 788. The molecule has 0 amide bonds. The van der Waals surface area contributed by atoms with Crippen molar-refractivity contribution in [1.29, 1.82) is 0 Å². The monoisotopic (exact) mass is 312 g/mol. The molecular weight excluding hydrogens is 296 g/mol. The summed E-state index contributed by atoms with van der Waals surface area (Å²) in [5.74, 6) is -1.18. The topological polar surface area (TPSA) is 106 Å². The Kier molecular flexibility index (Phi) is 3.88. The van der Waals surface area contributed by atoms with E-state index in [1.165, 1.54) is 17.8 Å². The molecule has 0 saturated heterocycles. The van der Waals surface area contributed by atoms with E-state index >= 15 is 0 Å². The highest BCUT2D eigenvalue weighted by Crippen LogP contribution is 2.14. The van der Waals surface area contributed by atoms with Crippen LogP contribution in [-0.4, -0.2) is 33.8 Å². The quantitative estimate of drug-likeness (QED) is 0.823. The predicted octanol–water partition coefficient (Wildman–Crippen LogP) is 0.244. The molecular formula is C12H16N4O4S. The van der Waals surface area contributed by atoms with E-state index in [0.717, 1.165) is 17.3 Å². The Morgan fingerprint density at radius 3 is 2.52 bits per heavy atom. The number of carbonyl (C=O) groups is 1. The fourth-order valence-corrected chi connectivity index (χ4v) is 3.05. The van der Waals surface area contributed by atoms with Crippen molar-refractivity contribution in [3.63, 3.8) is 0 Å². The first kappa shape index (κ1) is 15.3. The largest absolute Gasteiger partial charge is 0.477 e. The highest BCUT2D eigenvalue weighted by Gasteiger charge is 2.20. The molecule has 0 atom stereocenters. The number of carboxylic acid groups (broad SMARTS) is 1. The summed E-state index contributed by atoms with van der Waals surface area (Å²) in [6.07, 6.45) is 2.99. The van der Waals surface area contributed by atoms with Gasteiger partial charge in [0.25, 0.3) is 0 Å². The molecule has 0 saturated carbocycles. The van der Waals surface area contributed by atoms with Gasteiger partial charge in [0.15, 0.2) is 0 Å². The average Bonchev–Trinajstić information content (AvgIpc) is 2.90. The molecule has 0 bridgehead atoms. The smallest absolute Gasteiger partial charge is 0.352 e. The van der Waals surface area contributed by atoms with Gasteiger partial charge in [0.1, 0.15) is 10.6 Å². The van der Waals surface area contributed by atoms with Gasteiger partial charge in [-0.1, -0.05) is 0 Å². The predicted molar refractivity (Wildman–Crippen MR) is 74.3 cm³/mol. The van der Waals surface area contributed by atoms with Gasteiger partial charge in [0, 0.05) is 38.6 Å². The Hall–Kier alpha value is -2.13. The molecule has 0 spiro atoms. The number of nitrogens with one attached hydrogen (secondary N) is 1. The number of aromatic carboxylic acids is 1. The van der Waals surface area contributed by atoms with E-state index in [-0.39, 0.29) is 17.1 Å². The summed E-state index contributed by atoms with van der Waals surface area (Å²) < 4.78 is 29.6. The van der Waals surface area contributed by atoms with Crippen molar-refractivity contribution < 1.29 is 18.3 Å². The van der Waals surface area contributed by atoms with Gasteiger partial charge in [-0.15, -0.1) is 0 Å². The molecule has 21 heavy (non-hydrogen) atoms. The summed E-state index contributed by atoms with van der Waals surface area (Å²) in [5.41, 5.74) is 1.41. The van der Waals surface area contributed by atoms with Crippen LogP contribution in [0.15, 0.2) is 23.4 Å². The van der Waals surface area contributed by atoms with Crippen LogP contribution in [0.1, 0.15) is 21.7 Å². The van der Waals surface area contributed by atoms with Gasteiger partial charge in [-0.3, -0.25) is 4.68 Å². The molecule has 2 aromatic heterocycles. The van der Waals surface area contributed by atoms with Crippen molar-refractivity contribution in [2.24, 2.45) is 14.1 Å². The zero-order valence-electron chi connectivity index (χ0n) is 11.9. The van der Waals surface area contributed by atoms with Crippen molar-refractivity contribution in [3.05, 3.63) is 35.4 Å². The van der Waals surface area contributed by atoms with Crippen LogP contribution in [-0.2, 0) is 30.7 Å². The van der Waals surface area contributed by atoms with Crippen LogP contribution in [0.25, 0.3) is 0 Å². The SMILES string of the molecule is Cc1nn(C)cc1CNS(=O)(=O)c1cc(C(=O)O)n(C)c1. The fourth-order valence-electron chi connectivity index (χ4n) is 1.97. The summed E-state index contributed by atoms with van der Waals surface area (Å²) in [6, 6.07) is 1.13. The lowest BCUT2D eigenvalue weighted by Crippen LogP contribution is -2.23. The molecule has 0 aliphatic heterocycles. The number of aromatic nitrogens is 3. The van der Waals surface area contributed by atoms with E-state index in [9.17, 15) is 13.2 Å². The molecule has 114 valence electrons. The first-order chi connectivity index (χ1) is 9.70. The Labute approximate surface area is 122 Å². The molecule has 2 rings (SSSR count). The molecule has 8 nitrogen and oxygen atoms in total. The van der Waals surface area contributed by atoms with Gasteiger partial charge >= 0.3 is 5.97 Å². The molecule has 2 aromatic rings. The number of sulfonamides is 1.